The van der Waals surface area contributed by atoms with Crippen LogP contribution in [-0.4, -0.2) is 44.2 Å². The molecular formula is C27H22F4N4O4S. The predicted octanol–water partition coefficient (Wildman–Crippen LogP) is 4.60. The largest absolute Gasteiger partial charge is 0.497 e. The van der Waals surface area contributed by atoms with Gasteiger partial charge in [-0.15, -0.1) is 0 Å². The quantitative estimate of drug-likeness (QED) is 0.349. The van der Waals surface area contributed by atoms with E-state index in [0.717, 1.165) is 10.7 Å². The fourth-order valence-corrected chi connectivity index (χ4v) is 5.54. The van der Waals surface area contributed by atoms with Gasteiger partial charge in [0.05, 0.1) is 29.9 Å². The molecule has 2 N–H and O–H groups in total. The lowest BCUT2D eigenvalue weighted by Crippen LogP contribution is -2.31. The minimum atomic E-state index is -4.82. The number of fused-ring (bicyclic) bond motifs is 1. The van der Waals surface area contributed by atoms with Gasteiger partial charge in [-0.05, 0) is 54.4 Å². The summed E-state index contributed by atoms with van der Waals surface area (Å²) in [5.41, 5.74) is -1.04. The number of ketones is 1. The standard InChI is InChI=1S/C27H22F4N4O4S/c1-39-18-9-7-17(8-10-18)35-25-20(26(33-35)27(29,30)31)12-13-34(15-23(25)36)22-11-6-16(14-21(22)28)19-4-2-3-5-24(19)40(32,37)38/h2-11,14H,12-13,15H2,1H3,(H2,32,37,38). The summed E-state index contributed by atoms with van der Waals surface area (Å²) in [5, 5.41) is 9.04. The fourth-order valence-electron chi connectivity index (χ4n) is 4.78. The van der Waals surface area contributed by atoms with Gasteiger partial charge in [-0.2, -0.15) is 18.3 Å². The maximum atomic E-state index is 15.4. The lowest BCUT2D eigenvalue weighted by Gasteiger charge is -2.23. The zero-order valence-electron chi connectivity index (χ0n) is 20.9. The maximum Gasteiger partial charge on any atom is 0.435 e. The fraction of sp³-hybridized carbons (Fsp3) is 0.185. The van der Waals surface area contributed by atoms with Gasteiger partial charge in [0.15, 0.2) is 5.69 Å². The monoisotopic (exact) mass is 574 g/mol. The molecule has 13 heteroatoms. The first-order chi connectivity index (χ1) is 18.9. The summed E-state index contributed by atoms with van der Waals surface area (Å²) < 4.78 is 87.3. The minimum Gasteiger partial charge on any atom is -0.497 e. The molecule has 0 unspecified atom stereocenters. The maximum absolute atomic E-state index is 15.4. The predicted molar refractivity (Wildman–Crippen MR) is 139 cm³/mol. The van der Waals surface area contributed by atoms with Crippen molar-refractivity contribution in [3.05, 3.63) is 89.5 Å². The smallest absolute Gasteiger partial charge is 0.435 e. The molecule has 3 aromatic carbocycles. The van der Waals surface area contributed by atoms with Gasteiger partial charge in [-0.25, -0.2) is 22.6 Å². The average molecular weight is 575 g/mol. The van der Waals surface area contributed by atoms with Crippen molar-refractivity contribution in [3.8, 4) is 22.6 Å². The second-order valence-corrected chi connectivity index (χ2v) is 10.6. The van der Waals surface area contributed by atoms with Gasteiger partial charge in [-0.3, -0.25) is 4.79 Å². The van der Waals surface area contributed by atoms with Crippen molar-refractivity contribution in [1.29, 1.82) is 0 Å². The lowest BCUT2D eigenvalue weighted by atomic mass is 10.0. The Bertz CT molecular complexity index is 1720. The van der Waals surface area contributed by atoms with E-state index >= 15 is 4.39 Å². The highest BCUT2D eigenvalue weighted by atomic mass is 32.2. The third kappa shape index (κ3) is 5.05. The van der Waals surface area contributed by atoms with Gasteiger partial charge >= 0.3 is 6.18 Å². The molecule has 2 heterocycles. The molecule has 208 valence electrons. The van der Waals surface area contributed by atoms with Crippen LogP contribution in [0.15, 0.2) is 71.6 Å². The number of carbonyl (C=O) groups excluding carboxylic acids is 1. The number of rotatable bonds is 5. The highest BCUT2D eigenvalue weighted by Crippen LogP contribution is 2.37. The Labute approximate surface area is 226 Å². The molecule has 1 aromatic heterocycles. The zero-order chi connectivity index (χ0) is 28.8. The van der Waals surface area contributed by atoms with Gasteiger partial charge in [0, 0.05) is 17.7 Å². The van der Waals surface area contributed by atoms with Crippen LogP contribution in [0.1, 0.15) is 21.7 Å². The molecule has 8 nitrogen and oxygen atoms in total. The Kier molecular flexibility index (Phi) is 6.88. The molecule has 0 spiro atoms. The highest BCUT2D eigenvalue weighted by molar-refractivity contribution is 7.89. The van der Waals surface area contributed by atoms with Crippen LogP contribution >= 0.6 is 0 Å². The van der Waals surface area contributed by atoms with Crippen LogP contribution in [0.5, 0.6) is 5.75 Å². The first-order valence-corrected chi connectivity index (χ1v) is 13.5. The van der Waals surface area contributed by atoms with E-state index in [9.17, 15) is 26.4 Å². The number of hydrogen-bond acceptors (Lipinski definition) is 6. The second-order valence-electron chi connectivity index (χ2n) is 9.09. The van der Waals surface area contributed by atoms with Gasteiger partial charge in [0.2, 0.25) is 15.8 Å². The summed E-state index contributed by atoms with van der Waals surface area (Å²) in [7, 11) is -2.65. The Balaban J connectivity index is 1.52. The SMILES string of the molecule is COc1ccc(-n2nc(C(F)(F)F)c3c2C(=O)CN(c2ccc(-c4ccccc4S(N)(=O)=O)cc2F)CC3)cc1. The number of nitrogens with zero attached hydrogens (tertiary/aromatic N) is 3. The Hall–Kier alpha value is -4.23. The van der Waals surface area contributed by atoms with E-state index in [2.05, 4.69) is 5.10 Å². The summed E-state index contributed by atoms with van der Waals surface area (Å²) in [4.78, 5) is 14.6. The molecule has 0 saturated carbocycles. The van der Waals surface area contributed by atoms with Crippen LogP contribution < -0.4 is 14.8 Å². The van der Waals surface area contributed by atoms with Crippen molar-refractivity contribution in [3.63, 3.8) is 0 Å². The van der Waals surface area contributed by atoms with Crippen molar-refractivity contribution in [2.45, 2.75) is 17.5 Å². The van der Waals surface area contributed by atoms with E-state index in [1.54, 1.807) is 6.07 Å². The molecule has 1 aliphatic heterocycles. The zero-order valence-corrected chi connectivity index (χ0v) is 21.8. The number of sulfonamides is 1. The molecule has 0 radical (unpaired) electrons. The third-order valence-corrected chi connectivity index (χ3v) is 7.56. The Morgan fingerprint density at radius 2 is 1.73 bits per heavy atom. The number of alkyl halides is 3. The topological polar surface area (TPSA) is 108 Å². The van der Waals surface area contributed by atoms with Crippen molar-refractivity contribution >= 4 is 21.5 Å². The van der Waals surface area contributed by atoms with E-state index in [0.29, 0.717) is 5.75 Å². The van der Waals surface area contributed by atoms with Crippen molar-refractivity contribution in [2.75, 3.05) is 25.1 Å². The van der Waals surface area contributed by atoms with Gasteiger partial charge in [0.25, 0.3) is 0 Å². The molecule has 5 rings (SSSR count). The van der Waals surface area contributed by atoms with Gasteiger partial charge in [-0.1, -0.05) is 24.3 Å². The number of Topliss-reactive ketones (excluding diaryl/α,β-unsaturated/α-hetero) is 1. The molecule has 0 fully saturated rings. The molecule has 0 amide bonds. The van der Waals surface area contributed by atoms with Crippen LogP contribution in [0, 0.1) is 5.82 Å². The van der Waals surface area contributed by atoms with Gasteiger partial charge in [0.1, 0.15) is 17.3 Å². The highest BCUT2D eigenvalue weighted by Gasteiger charge is 2.42. The number of ether oxygens (including phenoxy) is 1. The van der Waals surface area contributed by atoms with Crippen LogP contribution in [0.3, 0.4) is 0 Å². The molecule has 0 aliphatic carbocycles. The van der Waals surface area contributed by atoms with E-state index in [4.69, 9.17) is 9.88 Å². The number of hydrogen-bond donors (Lipinski definition) is 1. The molecule has 0 bridgehead atoms. The Morgan fingerprint density at radius 1 is 1.02 bits per heavy atom. The summed E-state index contributed by atoms with van der Waals surface area (Å²) in [6, 6.07) is 15.8. The lowest BCUT2D eigenvalue weighted by molar-refractivity contribution is -0.141. The van der Waals surface area contributed by atoms with Crippen LogP contribution in [-0.2, 0) is 22.6 Å². The molecule has 4 aromatic rings. The summed E-state index contributed by atoms with van der Waals surface area (Å²) in [6.07, 6.45) is -5.04. The first-order valence-electron chi connectivity index (χ1n) is 11.9. The van der Waals surface area contributed by atoms with E-state index in [1.807, 2.05) is 0 Å². The summed E-state index contributed by atoms with van der Waals surface area (Å²) >= 11 is 0. The normalized spacial score (nSPS) is 14.2. The van der Waals surface area contributed by atoms with Crippen LogP contribution in [0.2, 0.25) is 0 Å². The number of primary sulfonamides is 1. The second kappa shape index (κ2) is 10.1. The third-order valence-electron chi connectivity index (χ3n) is 6.59. The average Bonchev–Trinajstić information content (AvgIpc) is 3.23. The van der Waals surface area contributed by atoms with E-state index in [-0.39, 0.29) is 51.6 Å². The number of benzene rings is 3. The van der Waals surface area contributed by atoms with Crippen LogP contribution in [0.4, 0.5) is 23.2 Å². The molecule has 40 heavy (non-hydrogen) atoms. The molecule has 0 saturated heterocycles. The van der Waals surface area contributed by atoms with Gasteiger partial charge < -0.3 is 9.64 Å². The number of anilines is 1. The minimum absolute atomic E-state index is 0.0205. The molecule has 0 atom stereocenters. The van der Waals surface area contributed by atoms with E-state index in [1.165, 1.54) is 66.6 Å². The number of methoxy groups -OCH3 is 1. The van der Waals surface area contributed by atoms with Crippen molar-refractivity contribution in [2.24, 2.45) is 5.14 Å². The number of carbonyl (C=O) groups is 1. The number of nitrogens with two attached hydrogens (primary N) is 1. The molecule has 1 aliphatic rings. The van der Waals surface area contributed by atoms with Crippen molar-refractivity contribution < 1.29 is 35.5 Å². The number of halogens is 4. The molecular weight excluding hydrogens is 552 g/mol. The van der Waals surface area contributed by atoms with Crippen molar-refractivity contribution in [1.82, 2.24) is 9.78 Å². The summed E-state index contributed by atoms with van der Waals surface area (Å²) in [6.45, 7) is -0.504. The van der Waals surface area contributed by atoms with Crippen LogP contribution in [0.25, 0.3) is 16.8 Å². The number of aromatic nitrogens is 2. The Morgan fingerprint density at radius 3 is 2.35 bits per heavy atom. The first kappa shape index (κ1) is 27.3. The van der Waals surface area contributed by atoms with E-state index < -0.39 is 40.0 Å². The summed E-state index contributed by atoms with van der Waals surface area (Å²) in [5.74, 6) is -0.983.